The molecule has 2 aromatic rings. The highest BCUT2D eigenvalue weighted by Gasteiger charge is 2.13. The summed E-state index contributed by atoms with van der Waals surface area (Å²) in [6.07, 6.45) is 0. The van der Waals surface area contributed by atoms with Crippen molar-refractivity contribution in [3.63, 3.8) is 0 Å². The van der Waals surface area contributed by atoms with Crippen molar-refractivity contribution in [2.45, 2.75) is 13.5 Å². The molecule has 0 spiro atoms. The van der Waals surface area contributed by atoms with Crippen LogP contribution in [0, 0.1) is 11.9 Å². The van der Waals surface area contributed by atoms with Crippen molar-refractivity contribution in [3.8, 4) is 5.75 Å². The zero-order chi connectivity index (χ0) is 16.1. The summed E-state index contributed by atoms with van der Waals surface area (Å²) in [6, 6.07) is 7.99. The average Bonchev–Trinajstić information content (AvgIpc) is 2.44. The molecule has 22 heavy (non-hydrogen) atoms. The molecule has 0 saturated carbocycles. The second kappa shape index (κ2) is 6.75. The zero-order valence-corrected chi connectivity index (χ0v) is 11.5. The monoisotopic (exact) mass is 307 g/mol. The molecule has 0 aliphatic rings. The highest BCUT2D eigenvalue weighted by Crippen LogP contribution is 2.19. The van der Waals surface area contributed by atoms with Crippen molar-refractivity contribution in [3.05, 3.63) is 59.4 Å². The predicted molar refractivity (Wildman–Crippen MR) is 71.0 cm³/mol. The van der Waals surface area contributed by atoms with Crippen LogP contribution >= 0.6 is 0 Å². The van der Waals surface area contributed by atoms with Crippen LogP contribution in [-0.2, 0) is 16.1 Å². The summed E-state index contributed by atoms with van der Waals surface area (Å²) in [5.74, 6) is -3.43. The highest BCUT2D eigenvalue weighted by atomic mass is 19.1. The van der Waals surface area contributed by atoms with E-state index in [4.69, 9.17) is 9.47 Å². The van der Waals surface area contributed by atoms with Gasteiger partial charge in [0, 0.05) is 24.6 Å². The van der Waals surface area contributed by atoms with Crippen molar-refractivity contribution >= 4 is 11.9 Å². The minimum atomic E-state index is -1.12. The van der Waals surface area contributed by atoms with Crippen molar-refractivity contribution in [1.82, 2.24) is 4.98 Å². The van der Waals surface area contributed by atoms with Crippen LogP contribution in [0.5, 0.6) is 5.75 Å². The van der Waals surface area contributed by atoms with E-state index in [-0.39, 0.29) is 17.9 Å². The quantitative estimate of drug-likeness (QED) is 0.493. The number of carbonyl (C=O) groups excluding carboxylic acids is 2. The van der Waals surface area contributed by atoms with Gasteiger partial charge in [0.2, 0.25) is 11.9 Å². The number of rotatable bonds is 4. The normalized spacial score (nSPS) is 10.1. The van der Waals surface area contributed by atoms with Crippen LogP contribution in [0.25, 0.3) is 0 Å². The van der Waals surface area contributed by atoms with Gasteiger partial charge in [-0.05, 0) is 6.07 Å². The number of aromatic nitrogens is 1. The lowest BCUT2D eigenvalue weighted by molar-refractivity contribution is -0.131. The highest BCUT2D eigenvalue weighted by molar-refractivity contribution is 5.89. The first-order valence-electron chi connectivity index (χ1n) is 6.22. The summed E-state index contributed by atoms with van der Waals surface area (Å²) in [7, 11) is 0. The molecule has 0 atom stereocenters. The van der Waals surface area contributed by atoms with Gasteiger partial charge in [0.15, 0.2) is 0 Å². The summed E-state index contributed by atoms with van der Waals surface area (Å²) in [5.41, 5.74) is 0.149. The Bertz CT molecular complexity index is 698. The van der Waals surface area contributed by atoms with Gasteiger partial charge in [-0.1, -0.05) is 18.2 Å². The molecular weight excluding hydrogens is 296 g/mol. The molecule has 1 aromatic heterocycles. The number of carbonyl (C=O) groups is 2. The number of hydrogen-bond donors (Lipinski definition) is 0. The minimum Gasteiger partial charge on any atom is -0.457 e. The molecule has 0 radical (unpaired) electrons. The number of halogens is 2. The van der Waals surface area contributed by atoms with Gasteiger partial charge in [-0.3, -0.25) is 4.79 Å². The Balaban J connectivity index is 2.09. The largest absolute Gasteiger partial charge is 0.457 e. The Labute approximate surface area is 124 Å². The maximum Gasteiger partial charge on any atom is 0.338 e. The van der Waals surface area contributed by atoms with Crippen LogP contribution < -0.4 is 4.74 Å². The molecule has 0 fully saturated rings. The van der Waals surface area contributed by atoms with Gasteiger partial charge in [0.05, 0.1) is 5.56 Å². The molecule has 5 nitrogen and oxygen atoms in total. The maximum absolute atomic E-state index is 12.9. The molecule has 0 bridgehead atoms. The number of benzene rings is 1. The average molecular weight is 307 g/mol. The van der Waals surface area contributed by atoms with Crippen LogP contribution in [0.4, 0.5) is 8.78 Å². The Kier molecular flexibility index (Phi) is 4.77. The van der Waals surface area contributed by atoms with E-state index in [0.717, 1.165) is 12.1 Å². The molecule has 1 aromatic carbocycles. The van der Waals surface area contributed by atoms with Crippen LogP contribution in [0.2, 0.25) is 0 Å². The number of para-hydroxylation sites is 1. The van der Waals surface area contributed by atoms with E-state index in [1.807, 2.05) is 0 Å². The van der Waals surface area contributed by atoms with Gasteiger partial charge < -0.3 is 9.47 Å². The van der Waals surface area contributed by atoms with E-state index in [9.17, 15) is 18.4 Å². The molecule has 0 N–H and O–H groups in total. The van der Waals surface area contributed by atoms with Crippen LogP contribution in [0.1, 0.15) is 22.8 Å². The van der Waals surface area contributed by atoms with Gasteiger partial charge in [-0.25, -0.2) is 4.79 Å². The fourth-order valence-corrected chi connectivity index (χ4v) is 1.69. The topological polar surface area (TPSA) is 65.5 Å². The van der Waals surface area contributed by atoms with Crippen molar-refractivity contribution in [2.75, 3.05) is 0 Å². The third kappa shape index (κ3) is 4.08. The molecule has 2 rings (SSSR count). The third-order valence-electron chi connectivity index (χ3n) is 2.58. The lowest BCUT2D eigenvalue weighted by Crippen LogP contribution is -2.09. The van der Waals surface area contributed by atoms with Crippen molar-refractivity contribution < 1.29 is 27.8 Å². The number of hydrogen-bond acceptors (Lipinski definition) is 5. The van der Waals surface area contributed by atoms with E-state index in [1.165, 1.54) is 13.0 Å². The molecule has 114 valence electrons. The molecule has 0 aliphatic heterocycles. The molecule has 1 heterocycles. The fourth-order valence-electron chi connectivity index (χ4n) is 1.69. The van der Waals surface area contributed by atoms with Crippen molar-refractivity contribution in [1.29, 1.82) is 0 Å². The Morgan fingerprint density at radius 2 is 1.77 bits per heavy atom. The standard InChI is InChI=1S/C15H11F2NO4/c1-9(19)22-12-5-3-2-4-10(12)8-21-15(20)11-6-13(16)18-14(17)7-11/h2-7H,8H2,1H3. The minimum absolute atomic E-state index is 0.214. The van der Waals surface area contributed by atoms with Gasteiger partial charge >= 0.3 is 11.9 Å². The first-order valence-corrected chi connectivity index (χ1v) is 6.22. The third-order valence-corrected chi connectivity index (χ3v) is 2.58. The zero-order valence-electron chi connectivity index (χ0n) is 11.5. The first kappa shape index (κ1) is 15.6. The molecule has 0 unspecified atom stereocenters. The number of ether oxygens (including phenoxy) is 2. The van der Waals surface area contributed by atoms with E-state index in [2.05, 4.69) is 4.98 Å². The summed E-state index contributed by atoms with van der Waals surface area (Å²) < 4.78 is 35.8. The van der Waals surface area contributed by atoms with Gasteiger partial charge in [-0.15, -0.1) is 0 Å². The van der Waals surface area contributed by atoms with E-state index >= 15 is 0 Å². The number of pyridine rings is 1. The van der Waals surface area contributed by atoms with Crippen LogP contribution in [-0.4, -0.2) is 16.9 Å². The van der Waals surface area contributed by atoms with E-state index in [0.29, 0.717) is 5.56 Å². The second-order valence-electron chi connectivity index (χ2n) is 4.28. The smallest absolute Gasteiger partial charge is 0.338 e. The molecular formula is C15H11F2NO4. The summed E-state index contributed by atoms with van der Waals surface area (Å²) >= 11 is 0. The molecule has 0 saturated heterocycles. The second-order valence-corrected chi connectivity index (χ2v) is 4.28. The van der Waals surface area contributed by atoms with Gasteiger partial charge in [0.25, 0.3) is 0 Å². The maximum atomic E-state index is 12.9. The first-order chi connectivity index (χ1) is 10.5. The molecule has 7 heteroatoms. The van der Waals surface area contributed by atoms with Crippen LogP contribution in [0.3, 0.4) is 0 Å². The lowest BCUT2D eigenvalue weighted by atomic mass is 10.2. The number of esters is 2. The van der Waals surface area contributed by atoms with Gasteiger partial charge in [-0.2, -0.15) is 13.8 Å². The van der Waals surface area contributed by atoms with Crippen molar-refractivity contribution in [2.24, 2.45) is 0 Å². The molecule has 0 amide bonds. The summed E-state index contributed by atoms with van der Waals surface area (Å²) in [6.45, 7) is 1.03. The van der Waals surface area contributed by atoms with E-state index in [1.54, 1.807) is 18.2 Å². The van der Waals surface area contributed by atoms with Crippen LogP contribution in [0.15, 0.2) is 36.4 Å². The number of nitrogens with zero attached hydrogens (tertiary/aromatic N) is 1. The lowest BCUT2D eigenvalue weighted by Gasteiger charge is -2.09. The Morgan fingerprint density at radius 1 is 1.14 bits per heavy atom. The summed E-state index contributed by atoms with van der Waals surface area (Å²) in [5, 5.41) is 0. The Hall–Kier alpha value is -2.83. The predicted octanol–water partition coefficient (Wildman–Crippen LogP) is 2.64. The van der Waals surface area contributed by atoms with E-state index < -0.39 is 23.8 Å². The molecule has 0 aliphatic carbocycles. The Morgan fingerprint density at radius 3 is 2.41 bits per heavy atom. The SMILES string of the molecule is CC(=O)Oc1ccccc1COC(=O)c1cc(F)nc(F)c1. The summed E-state index contributed by atoms with van der Waals surface area (Å²) in [4.78, 5) is 25.6. The van der Waals surface area contributed by atoms with Gasteiger partial charge in [0.1, 0.15) is 12.4 Å². The fraction of sp³-hybridized carbons (Fsp3) is 0.133.